The molecule has 1 aromatic heterocycles. The number of anilines is 1. The molecule has 2 aliphatic heterocycles. The van der Waals surface area contributed by atoms with Crippen LogP contribution >= 0.6 is 0 Å². The fourth-order valence-electron chi connectivity index (χ4n) is 5.13. The summed E-state index contributed by atoms with van der Waals surface area (Å²) < 4.78 is 42.2. The number of fused-ring (bicyclic) bond motifs is 3. The van der Waals surface area contributed by atoms with Crippen LogP contribution in [0.15, 0.2) is 48.5 Å². The second-order valence-electron chi connectivity index (χ2n) is 9.03. The highest BCUT2D eigenvalue weighted by molar-refractivity contribution is 5.80. The number of nitrogens with zero attached hydrogens (tertiary/aromatic N) is 2. The maximum atomic E-state index is 14.5. The van der Waals surface area contributed by atoms with Gasteiger partial charge in [-0.3, -0.25) is 9.36 Å². The van der Waals surface area contributed by atoms with Gasteiger partial charge < -0.3 is 19.9 Å². The summed E-state index contributed by atoms with van der Waals surface area (Å²) in [6.45, 7) is 2.63. The average Bonchev–Trinajstić information content (AvgIpc) is 3.54. The molecule has 9 heteroatoms. The summed E-state index contributed by atoms with van der Waals surface area (Å²) in [7, 11) is 0. The first-order valence-corrected chi connectivity index (χ1v) is 11.8. The van der Waals surface area contributed by atoms with E-state index in [1.54, 1.807) is 4.57 Å². The Morgan fingerprint density at radius 3 is 2.81 bits per heavy atom. The van der Waals surface area contributed by atoms with Crippen LogP contribution in [-0.4, -0.2) is 33.8 Å². The molecule has 2 N–H and O–H groups in total. The zero-order chi connectivity index (χ0) is 25.0. The molecule has 7 nitrogen and oxygen atoms in total. The predicted octanol–water partition coefficient (Wildman–Crippen LogP) is 5.36. The summed E-state index contributed by atoms with van der Waals surface area (Å²) in [6, 6.07) is 13.4. The summed E-state index contributed by atoms with van der Waals surface area (Å²) in [4.78, 5) is 15.5. The lowest BCUT2D eigenvalue weighted by Gasteiger charge is -2.15. The van der Waals surface area contributed by atoms with Gasteiger partial charge in [-0.1, -0.05) is 25.1 Å². The Morgan fingerprint density at radius 2 is 2.00 bits per heavy atom. The quantitative estimate of drug-likeness (QED) is 0.378. The van der Waals surface area contributed by atoms with Crippen molar-refractivity contribution >= 4 is 22.7 Å². The van der Waals surface area contributed by atoms with Crippen LogP contribution in [-0.2, 0) is 11.2 Å². The number of carboxylic acids is 1. The number of benzene rings is 3. The van der Waals surface area contributed by atoms with Gasteiger partial charge in [0, 0.05) is 47.4 Å². The number of aliphatic carboxylic acids is 1. The first kappa shape index (κ1) is 22.3. The summed E-state index contributed by atoms with van der Waals surface area (Å²) >= 11 is 0. The molecule has 0 spiro atoms. The van der Waals surface area contributed by atoms with Gasteiger partial charge in [-0.2, -0.15) is 0 Å². The number of imidazole rings is 1. The third-order valence-corrected chi connectivity index (χ3v) is 6.75. The van der Waals surface area contributed by atoms with Crippen LogP contribution in [0.5, 0.6) is 11.5 Å². The maximum Gasteiger partial charge on any atom is 0.304 e. The normalized spacial score (nSPS) is 18.0. The number of rotatable bonds is 6. The van der Waals surface area contributed by atoms with E-state index in [9.17, 15) is 13.6 Å². The van der Waals surface area contributed by atoms with Crippen LogP contribution in [0.3, 0.4) is 0 Å². The molecule has 184 valence electrons. The number of para-hydroxylation sites is 1. The number of hydrogen-bond donors (Lipinski definition) is 2. The van der Waals surface area contributed by atoms with Gasteiger partial charge in [0.05, 0.1) is 30.3 Å². The number of aromatic nitrogens is 2. The average molecular weight is 491 g/mol. The number of nitrogens with one attached hydrogen (secondary N) is 1. The fourth-order valence-corrected chi connectivity index (χ4v) is 5.13. The van der Waals surface area contributed by atoms with E-state index in [0.717, 1.165) is 22.9 Å². The van der Waals surface area contributed by atoms with Crippen molar-refractivity contribution in [3.05, 3.63) is 77.1 Å². The summed E-state index contributed by atoms with van der Waals surface area (Å²) in [5.74, 6) is -0.450. The van der Waals surface area contributed by atoms with Crippen LogP contribution in [0, 0.1) is 11.6 Å². The van der Waals surface area contributed by atoms with Crippen molar-refractivity contribution in [1.82, 2.24) is 9.55 Å². The van der Waals surface area contributed by atoms with E-state index < -0.39 is 17.6 Å². The second kappa shape index (κ2) is 8.51. The van der Waals surface area contributed by atoms with Gasteiger partial charge in [0.1, 0.15) is 35.3 Å². The standard InChI is InChI=1S/C27H23F2N3O4/c1-2-24-31-26-19(29)9-15(28)10-22(26)32(24)21-5-3-4-18-20(13-36-27(18)21)30-16-6-7-17-14(8-25(33)34)12-35-23(17)11-16/h3-7,9-11,14,20,30H,2,8,12-13H2,1H3,(H,33,34)/t14-,20-/m1/s1. The number of aryl methyl sites for hydroxylation is 1. The van der Waals surface area contributed by atoms with Gasteiger partial charge in [-0.15, -0.1) is 0 Å². The van der Waals surface area contributed by atoms with Crippen molar-refractivity contribution in [2.24, 2.45) is 0 Å². The van der Waals surface area contributed by atoms with Crippen LogP contribution < -0.4 is 14.8 Å². The minimum atomic E-state index is -0.850. The van der Waals surface area contributed by atoms with E-state index in [1.807, 2.05) is 43.3 Å². The predicted molar refractivity (Wildman–Crippen MR) is 129 cm³/mol. The van der Waals surface area contributed by atoms with E-state index in [2.05, 4.69) is 10.3 Å². The molecule has 0 unspecified atom stereocenters. The van der Waals surface area contributed by atoms with Crippen LogP contribution in [0.1, 0.15) is 42.3 Å². The van der Waals surface area contributed by atoms with Crippen LogP contribution in [0.2, 0.25) is 0 Å². The Hall–Kier alpha value is -4.14. The van der Waals surface area contributed by atoms with Crippen molar-refractivity contribution in [3.8, 4) is 17.2 Å². The highest BCUT2D eigenvalue weighted by Crippen LogP contribution is 2.42. The molecule has 0 saturated carbocycles. The highest BCUT2D eigenvalue weighted by atomic mass is 19.1. The molecule has 36 heavy (non-hydrogen) atoms. The fraction of sp³-hybridized carbons (Fsp3) is 0.259. The smallest absolute Gasteiger partial charge is 0.304 e. The lowest BCUT2D eigenvalue weighted by atomic mass is 9.97. The van der Waals surface area contributed by atoms with Crippen molar-refractivity contribution in [1.29, 1.82) is 0 Å². The van der Waals surface area contributed by atoms with Gasteiger partial charge in [0.2, 0.25) is 0 Å². The summed E-state index contributed by atoms with van der Waals surface area (Å²) in [5, 5.41) is 12.6. The lowest BCUT2D eigenvalue weighted by molar-refractivity contribution is -0.137. The van der Waals surface area contributed by atoms with Gasteiger partial charge in [0.25, 0.3) is 0 Å². The second-order valence-corrected chi connectivity index (χ2v) is 9.03. The van der Waals surface area contributed by atoms with Crippen LogP contribution in [0.25, 0.3) is 16.7 Å². The van der Waals surface area contributed by atoms with E-state index in [0.29, 0.717) is 48.2 Å². The number of carboxylic acid groups (broad SMARTS) is 1. The summed E-state index contributed by atoms with van der Waals surface area (Å²) in [6.07, 6.45) is 0.557. The molecule has 0 bridgehead atoms. The monoisotopic (exact) mass is 491 g/mol. The number of hydrogen-bond acceptors (Lipinski definition) is 5. The minimum Gasteiger partial charge on any atom is -0.493 e. The van der Waals surface area contributed by atoms with Crippen LogP contribution in [0.4, 0.5) is 14.5 Å². The number of carbonyl (C=O) groups is 1. The molecule has 4 aromatic rings. The largest absolute Gasteiger partial charge is 0.493 e. The third-order valence-electron chi connectivity index (χ3n) is 6.75. The van der Waals surface area contributed by atoms with Crippen molar-refractivity contribution in [3.63, 3.8) is 0 Å². The zero-order valence-corrected chi connectivity index (χ0v) is 19.4. The van der Waals surface area contributed by atoms with E-state index >= 15 is 0 Å². The van der Waals surface area contributed by atoms with Gasteiger partial charge in [-0.05, 0) is 12.1 Å². The molecule has 6 rings (SSSR count). The Kier molecular flexibility index (Phi) is 5.28. The summed E-state index contributed by atoms with van der Waals surface area (Å²) in [5.41, 5.74) is 3.78. The molecule has 0 radical (unpaired) electrons. The van der Waals surface area contributed by atoms with Gasteiger partial charge >= 0.3 is 5.97 Å². The van der Waals surface area contributed by atoms with E-state index in [-0.39, 0.29) is 23.9 Å². The Balaban J connectivity index is 1.34. The minimum absolute atomic E-state index is 0.0306. The maximum absolute atomic E-state index is 14.5. The molecule has 0 amide bonds. The molecule has 2 aliphatic rings. The molecule has 0 saturated heterocycles. The molecular weight excluding hydrogens is 468 g/mol. The Bertz CT molecular complexity index is 1520. The number of halogens is 2. The third kappa shape index (κ3) is 3.62. The van der Waals surface area contributed by atoms with Gasteiger partial charge in [0.15, 0.2) is 5.82 Å². The first-order valence-electron chi connectivity index (χ1n) is 11.8. The topological polar surface area (TPSA) is 85.6 Å². The Labute approximate surface area is 205 Å². The van der Waals surface area contributed by atoms with E-state index in [4.69, 9.17) is 14.6 Å². The molecule has 2 atom stereocenters. The lowest BCUT2D eigenvalue weighted by Crippen LogP contribution is -2.11. The first-order chi connectivity index (χ1) is 17.4. The molecule has 3 aromatic carbocycles. The van der Waals surface area contributed by atoms with Crippen molar-refractivity contribution in [2.75, 3.05) is 18.5 Å². The van der Waals surface area contributed by atoms with E-state index in [1.165, 1.54) is 6.07 Å². The number of ether oxygens (including phenoxy) is 2. The Morgan fingerprint density at radius 1 is 1.14 bits per heavy atom. The van der Waals surface area contributed by atoms with Crippen molar-refractivity contribution in [2.45, 2.75) is 31.7 Å². The molecule has 0 fully saturated rings. The molecular formula is C27H23F2N3O4. The molecule has 3 heterocycles. The van der Waals surface area contributed by atoms with Gasteiger partial charge in [-0.25, -0.2) is 13.8 Å². The SMILES string of the molecule is CCc1nc2c(F)cc(F)cc2n1-c1cccc2c1OC[C@H]2Nc1ccc2c(c1)OC[C@H]2CC(=O)O. The molecule has 0 aliphatic carbocycles. The zero-order valence-electron chi connectivity index (χ0n) is 19.4. The van der Waals surface area contributed by atoms with Crippen molar-refractivity contribution < 1.29 is 28.2 Å². The highest BCUT2D eigenvalue weighted by Gasteiger charge is 2.30.